The molecule has 2 aromatic rings. The molecule has 7 nitrogen and oxygen atoms in total. The lowest BCUT2D eigenvalue weighted by Gasteiger charge is -2.24. The van der Waals surface area contributed by atoms with Crippen molar-refractivity contribution < 1.29 is 22.7 Å². The van der Waals surface area contributed by atoms with E-state index in [0.29, 0.717) is 5.56 Å². The minimum absolute atomic E-state index is 0.223. The summed E-state index contributed by atoms with van der Waals surface area (Å²) in [5.74, 6) is -1.23. The Labute approximate surface area is 164 Å². The Balaban J connectivity index is 1.85. The fourth-order valence-corrected chi connectivity index (χ4v) is 4.55. The fourth-order valence-electron chi connectivity index (χ4n) is 3.22. The van der Waals surface area contributed by atoms with Crippen LogP contribution in [0.25, 0.3) is 0 Å². The fraction of sp³-hybridized carbons (Fsp3) is 0.300. The third kappa shape index (κ3) is 4.96. The maximum absolute atomic E-state index is 13.0. The Bertz CT molecular complexity index is 960. The number of amides is 1. The van der Waals surface area contributed by atoms with E-state index in [1.807, 2.05) is 24.3 Å². The molecule has 2 aromatic carbocycles. The molecule has 1 heterocycles. The maximum Gasteiger partial charge on any atom is 0.325 e. The molecule has 0 aliphatic carbocycles. The van der Waals surface area contributed by atoms with Crippen LogP contribution in [0.5, 0.6) is 0 Å². The number of sulfonamides is 1. The molecule has 8 heteroatoms. The van der Waals surface area contributed by atoms with Crippen molar-refractivity contribution in [1.82, 2.24) is 9.62 Å². The SMILES string of the molecule is COC(=O)CN1Cc2ccccc2CC(NS(=O)(=O)Cc2ccccc2)C1=O. The third-order valence-electron chi connectivity index (χ3n) is 4.58. The minimum Gasteiger partial charge on any atom is -0.468 e. The van der Waals surface area contributed by atoms with Gasteiger partial charge in [0, 0.05) is 6.54 Å². The number of hydrogen-bond acceptors (Lipinski definition) is 5. The number of esters is 1. The molecule has 0 bridgehead atoms. The summed E-state index contributed by atoms with van der Waals surface area (Å²) in [6, 6.07) is 15.2. The van der Waals surface area contributed by atoms with E-state index in [0.717, 1.165) is 11.1 Å². The van der Waals surface area contributed by atoms with Crippen molar-refractivity contribution in [3.8, 4) is 0 Å². The summed E-state index contributed by atoms with van der Waals surface area (Å²) in [6.45, 7) is -0.0123. The lowest BCUT2D eigenvalue weighted by atomic mass is 10.0. The van der Waals surface area contributed by atoms with Gasteiger partial charge in [-0.15, -0.1) is 0 Å². The van der Waals surface area contributed by atoms with E-state index in [1.54, 1.807) is 30.3 Å². The van der Waals surface area contributed by atoms with Crippen LogP contribution >= 0.6 is 0 Å². The first-order valence-corrected chi connectivity index (χ1v) is 10.5. The molecule has 28 heavy (non-hydrogen) atoms. The normalized spacial score (nSPS) is 17.0. The Morgan fingerprint density at radius 1 is 1.11 bits per heavy atom. The summed E-state index contributed by atoms with van der Waals surface area (Å²) in [5.41, 5.74) is 2.38. The van der Waals surface area contributed by atoms with Crippen molar-refractivity contribution in [3.05, 3.63) is 71.3 Å². The molecule has 0 saturated carbocycles. The van der Waals surface area contributed by atoms with E-state index < -0.39 is 27.9 Å². The van der Waals surface area contributed by atoms with E-state index in [9.17, 15) is 18.0 Å². The number of ether oxygens (including phenoxy) is 1. The molecular formula is C20H22N2O5S. The largest absolute Gasteiger partial charge is 0.468 e. The molecule has 1 unspecified atom stereocenters. The number of carbonyl (C=O) groups excluding carboxylic acids is 2. The van der Waals surface area contributed by atoms with Crippen LogP contribution in [0.4, 0.5) is 0 Å². The second-order valence-electron chi connectivity index (χ2n) is 6.66. The van der Waals surface area contributed by atoms with E-state index in [-0.39, 0.29) is 25.3 Å². The molecule has 1 aliphatic heterocycles. The lowest BCUT2D eigenvalue weighted by molar-refractivity contribution is -0.147. The summed E-state index contributed by atoms with van der Waals surface area (Å²) in [4.78, 5) is 26.0. The van der Waals surface area contributed by atoms with E-state index in [2.05, 4.69) is 9.46 Å². The van der Waals surface area contributed by atoms with Gasteiger partial charge in [-0.25, -0.2) is 13.1 Å². The molecule has 0 aromatic heterocycles. The van der Waals surface area contributed by atoms with E-state index in [4.69, 9.17) is 0 Å². The van der Waals surface area contributed by atoms with Crippen molar-refractivity contribution in [2.24, 2.45) is 0 Å². The van der Waals surface area contributed by atoms with Crippen LogP contribution in [0.2, 0.25) is 0 Å². The zero-order valence-electron chi connectivity index (χ0n) is 15.5. The zero-order valence-corrected chi connectivity index (χ0v) is 16.3. The van der Waals surface area contributed by atoms with Gasteiger partial charge in [0.1, 0.15) is 12.6 Å². The molecule has 0 radical (unpaired) electrons. The van der Waals surface area contributed by atoms with Crippen LogP contribution < -0.4 is 4.72 Å². The van der Waals surface area contributed by atoms with E-state index in [1.165, 1.54) is 12.0 Å². The van der Waals surface area contributed by atoms with Gasteiger partial charge in [0.25, 0.3) is 0 Å². The van der Waals surface area contributed by atoms with Gasteiger partial charge in [0.2, 0.25) is 15.9 Å². The van der Waals surface area contributed by atoms with Gasteiger partial charge in [0.05, 0.1) is 12.9 Å². The smallest absolute Gasteiger partial charge is 0.325 e. The number of rotatable bonds is 6. The maximum atomic E-state index is 13.0. The van der Waals surface area contributed by atoms with Gasteiger partial charge in [0.15, 0.2) is 0 Å². The molecule has 148 valence electrons. The highest BCUT2D eigenvalue weighted by Crippen LogP contribution is 2.20. The second kappa shape index (κ2) is 8.53. The minimum atomic E-state index is -3.76. The number of methoxy groups -OCH3 is 1. The van der Waals surface area contributed by atoms with Crippen LogP contribution in [0.1, 0.15) is 16.7 Å². The van der Waals surface area contributed by atoms with Gasteiger partial charge in [-0.05, 0) is 23.1 Å². The van der Waals surface area contributed by atoms with Crippen LogP contribution in [0.3, 0.4) is 0 Å². The summed E-state index contributed by atoms with van der Waals surface area (Å²) in [6.07, 6.45) is 0.223. The average molecular weight is 402 g/mol. The number of hydrogen-bond donors (Lipinski definition) is 1. The molecule has 3 rings (SSSR count). The van der Waals surface area contributed by atoms with Crippen molar-refractivity contribution >= 4 is 21.9 Å². The third-order valence-corrected chi connectivity index (χ3v) is 5.94. The molecule has 1 N–H and O–H groups in total. The van der Waals surface area contributed by atoms with E-state index >= 15 is 0 Å². The first-order chi connectivity index (χ1) is 13.4. The quantitative estimate of drug-likeness (QED) is 0.734. The van der Waals surface area contributed by atoms with Gasteiger partial charge >= 0.3 is 5.97 Å². The standard InChI is InChI=1S/C20H22N2O5S/c1-27-19(23)13-22-12-17-10-6-5-9-16(17)11-18(20(22)24)21-28(25,26)14-15-7-3-2-4-8-15/h2-10,18,21H,11-14H2,1H3. The molecule has 1 aliphatic rings. The number of nitrogens with zero attached hydrogens (tertiary/aromatic N) is 1. The first kappa shape index (κ1) is 20.0. The topological polar surface area (TPSA) is 92.8 Å². The summed E-state index contributed by atoms with van der Waals surface area (Å²) < 4.78 is 32.5. The van der Waals surface area contributed by atoms with Gasteiger partial charge < -0.3 is 9.64 Å². The van der Waals surface area contributed by atoms with Crippen molar-refractivity contribution in [3.63, 3.8) is 0 Å². The molecule has 1 amide bonds. The monoisotopic (exact) mass is 402 g/mol. The predicted molar refractivity (Wildman–Crippen MR) is 104 cm³/mol. The van der Waals surface area contributed by atoms with Gasteiger partial charge in [-0.3, -0.25) is 9.59 Å². The second-order valence-corrected chi connectivity index (χ2v) is 8.41. The molecule has 0 saturated heterocycles. The Morgan fingerprint density at radius 3 is 2.43 bits per heavy atom. The molecule has 0 spiro atoms. The van der Waals surface area contributed by atoms with Crippen molar-refractivity contribution in [1.29, 1.82) is 0 Å². The predicted octanol–water partition coefficient (Wildman–Crippen LogP) is 1.23. The highest BCUT2D eigenvalue weighted by atomic mass is 32.2. The summed E-state index contributed by atoms with van der Waals surface area (Å²) in [5, 5.41) is 0. The van der Waals surface area contributed by atoms with Gasteiger partial charge in [-0.2, -0.15) is 0 Å². The van der Waals surface area contributed by atoms with Crippen LogP contribution in [-0.2, 0) is 43.1 Å². The Hall–Kier alpha value is -2.71. The average Bonchev–Trinajstić information content (AvgIpc) is 2.79. The molecule has 0 fully saturated rings. The highest BCUT2D eigenvalue weighted by molar-refractivity contribution is 7.88. The molecular weight excluding hydrogens is 380 g/mol. The highest BCUT2D eigenvalue weighted by Gasteiger charge is 2.33. The van der Waals surface area contributed by atoms with Crippen LogP contribution in [0.15, 0.2) is 54.6 Å². The number of benzene rings is 2. The Morgan fingerprint density at radius 2 is 1.75 bits per heavy atom. The lowest BCUT2D eigenvalue weighted by Crippen LogP contribution is -2.49. The van der Waals surface area contributed by atoms with Gasteiger partial charge in [-0.1, -0.05) is 54.6 Å². The number of fused-ring (bicyclic) bond motifs is 1. The van der Waals surface area contributed by atoms with Crippen molar-refractivity contribution in [2.45, 2.75) is 24.8 Å². The zero-order chi connectivity index (χ0) is 20.1. The number of nitrogens with one attached hydrogen (secondary N) is 1. The molecule has 1 atom stereocenters. The van der Waals surface area contributed by atoms with Crippen LogP contribution in [-0.4, -0.2) is 44.9 Å². The van der Waals surface area contributed by atoms with Crippen LogP contribution in [0, 0.1) is 0 Å². The number of carbonyl (C=O) groups is 2. The summed E-state index contributed by atoms with van der Waals surface area (Å²) >= 11 is 0. The summed E-state index contributed by atoms with van der Waals surface area (Å²) in [7, 11) is -2.51. The van der Waals surface area contributed by atoms with Crippen molar-refractivity contribution in [2.75, 3.05) is 13.7 Å². The Kier molecular flexibility index (Phi) is 6.11. The first-order valence-electron chi connectivity index (χ1n) is 8.84.